The molecule has 1 saturated heterocycles. The van der Waals surface area contributed by atoms with Gasteiger partial charge in [0.2, 0.25) is 11.8 Å². The molecule has 5 nitrogen and oxygen atoms in total. The van der Waals surface area contributed by atoms with Crippen molar-refractivity contribution < 1.29 is 9.59 Å². The summed E-state index contributed by atoms with van der Waals surface area (Å²) in [7, 11) is 0. The van der Waals surface area contributed by atoms with E-state index in [2.05, 4.69) is 29.2 Å². The van der Waals surface area contributed by atoms with Crippen LogP contribution in [-0.4, -0.2) is 60.9 Å². The van der Waals surface area contributed by atoms with Crippen LogP contribution in [0.2, 0.25) is 0 Å². The van der Waals surface area contributed by atoms with Crippen molar-refractivity contribution in [2.24, 2.45) is 0 Å². The van der Waals surface area contributed by atoms with Crippen molar-refractivity contribution in [1.82, 2.24) is 9.80 Å². The van der Waals surface area contributed by atoms with E-state index < -0.39 is 0 Å². The smallest absolute Gasteiger partial charge is 0.224 e. The number of carbonyl (C=O) groups excluding carboxylic acids is 2. The van der Waals surface area contributed by atoms with Gasteiger partial charge in [0.1, 0.15) is 0 Å². The molecule has 1 fully saturated rings. The van der Waals surface area contributed by atoms with E-state index in [1.54, 1.807) is 11.8 Å². The first-order valence-electron chi connectivity index (χ1n) is 10.2. The molecule has 2 aromatic carbocycles. The van der Waals surface area contributed by atoms with Crippen LogP contribution in [-0.2, 0) is 9.59 Å². The van der Waals surface area contributed by atoms with Crippen LogP contribution in [0.15, 0.2) is 66.7 Å². The molecule has 0 spiro atoms. The van der Waals surface area contributed by atoms with Gasteiger partial charge in [-0.1, -0.05) is 60.7 Å². The molecule has 5 heteroatoms. The Kier molecular flexibility index (Phi) is 7.59. The number of hydrogen-bond donors (Lipinski definition) is 0. The van der Waals surface area contributed by atoms with Crippen LogP contribution in [0.4, 0.5) is 5.69 Å². The molecule has 1 heterocycles. The number of hydrogen-bond acceptors (Lipinski definition) is 3. The normalized spacial score (nSPS) is 14.9. The monoisotopic (exact) mass is 391 g/mol. The van der Waals surface area contributed by atoms with Crippen molar-refractivity contribution in [2.75, 3.05) is 44.2 Å². The first kappa shape index (κ1) is 20.8. The molecule has 3 rings (SSSR count). The van der Waals surface area contributed by atoms with Gasteiger partial charge in [0.25, 0.3) is 0 Å². The van der Waals surface area contributed by atoms with E-state index in [-0.39, 0.29) is 11.8 Å². The molecule has 1 aliphatic heterocycles. The van der Waals surface area contributed by atoms with E-state index in [0.29, 0.717) is 13.0 Å². The fourth-order valence-electron chi connectivity index (χ4n) is 3.52. The van der Waals surface area contributed by atoms with E-state index in [9.17, 15) is 9.59 Å². The molecular formula is C24H29N3O2. The predicted molar refractivity (Wildman–Crippen MR) is 118 cm³/mol. The Morgan fingerprint density at radius 3 is 2.17 bits per heavy atom. The first-order chi connectivity index (χ1) is 14.1. The van der Waals surface area contributed by atoms with Crippen molar-refractivity contribution in [3.8, 4) is 0 Å². The van der Waals surface area contributed by atoms with E-state index in [0.717, 1.165) is 38.4 Å². The van der Waals surface area contributed by atoms with Crippen LogP contribution in [0.5, 0.6) is 0 Å². The summed E-state index contributed by atoms with van der Waals surface area (Å²) in [6, 6.07) is 19.8. The summed E-state index contributed by atoms with van der Waals surface area (Å²) < 4.78 is 0. The van der Waals surface area contributed by atoms with Crippen LogP contribution in [0, 0.1) is 0 Å². The average molecular weight is 392 g/mol. The van der Waals surface area contributed by atoms with Gasteiger partial charge in [-0.15, -0.1) is 0 Å². The second kappa shape index (κ2) is 10.6. The summed E-state index contributed by atoms with van der Waals surface area (Å²) in [6.45, 7) is 6.08. The minimum atomic E-state index is -0.0426. The third-order valence-electron chi connectivity index (χ3n) is 5.20. The molecule has 0 aromatic heterocycles. The molecule has 0 saturated carbocycles. The highest BCUT2D eigenvalue weighted by molar-refractivity contribution is 5.92. The second-order valence-corrected chi connectivity index (χ2v) is 7.25. The molecule has 29 heavy (non-hydrogen) atoms. The highest BCUT2D eigenvalue weighted by atomic mass is 16.2. The second-order valence-electron chi connectivity index (χ2n) is 7.25. The molecule has 0 bridgehead atoms. The summed E-state index contributed by atoms with van der Waals surface area (Å²) in [5, 5.41) is 0. The van der Waals surface area contributed by atoms with E-state index >= 15 is 0 Å². The van der Waals surface area contributed by atoms with Crippen LogP contribution >= 0.6 is 0 Å². The third kappa shape index (κ3) is 6.29. The maximum atomic E-state index is 12.6. The first-order valence-corrected chi connectivity index (χ1v) is 10.2. The summed E-state index contributed by atoms with van der Waals surface area (Å²) in [4.78, 5) is 30.5. The number of para-hydroxylation sites is 1. The van der Waals surface area contributed by atoms with Crippen molar-refractivity contribution in [2.45, 2.75) is 13.3 Å². The Labute approximate surface area is 173 Å². The molecule has 152 valence electrons. The summed E-state index contributed by atoms with van der Waals surface area (Å²) in [6.07, 6.45) is 4.66. The minimum absolute atomic E-state index is 0.0426. The van der Waals surface area contributed by atoms with Crippen molar-refractivity contribution in [3.05, 3.63) is 72.3 Å². The topological polar surface area (TPSA) is 43.9 Å². The Balaban J connectivity index is 1.42. The maximum Gasteiger partial charge on any atom is 0.224 e. The van der Waals surface area contributed by atoms with Gasteiger partial charge >= 0.3 is 0 Å². The fourth-order valence-corrected chi connectivity index (χ4v) is 3.52. The molecular weight excluding hydrogens is 362 g/mol. The number of piperazine rings is 1. The molecule has 0 N–H and O–H groups in total. The number of rotatable bonds is 7. The minimum Gasteiger partial charge on any atom is -0.340 e. The lowest BCUT2D eigenvalue weighted by molar-refractivity contribution is -0.132. The van der Waals surface area contributed by atoms with Crippen LogP contribution < -0.4 is 4.90 Å². The van der Waals surface area contributed by atoms with E-state index in [1.807, 2.05) is 53.4 Å². The third-order valence-corrected chi connectivity index (χ3v) is 5.20. The fraction of sp³-hybridized carbons (Fsp3) is 0.333. The number of benzene rings is 2. The van der Waals surface area contributed by atoms with Gasteiger partial charge in [-0.2, -0.15) is 0 Å². The van der Waals surface area contributed by atoms with Gasteiger partial charge in [-0.25, -0.2) is 0 Å². The Morgan fingerprint density at radius 1 is 0.931 bits per heavy atom. The lowest BCUT2D eigenvalue weighted by Crippen LogP contribution is -2.49. The molecule has 1 aliphatic rings. The number of nitrogens with zero attached hydrogens (tertiary/aromatic N) is 3. The number of carbonyl (C=O) groups is 2. The van der Waals surface area contributed by atoms with Gasteiger partial charge in [-0.05, 0) is 17.7 Å². The van der Waals surface area contributed by atoms with Crippen molar-refractivity contribution in [3.63, 3.8) is 0 Å². The van der Waals surface area contributed by atoms with Crippen molar-refractivity contribution >= 4 is 23.6 Å². The van der Waals surface area contributed by atoms with Gasteiger partial charge in [0.15, 0.2) is 0 Å². The Morgan fingerprint density at radius 2 is 1.55 bits per heavy atom. The molecule has 2 aromatic rings. The lowest BCUT2D eigenvalue weighted by Gasteiger charge is -2.34. The highest BCUT2D eigenvalue weighted by Gasteiger charge is 2.21. The molecule has 2 amide bonds. The molecule has 0 atom stereocenters. The van der Waals surface area contributed by atoms with Gasteiger partial charge in [0.05, 0.1) is 0 Å². The van der Waals surface area contributed by atoms with Crippen molar-refractivity contribution in [1.29, 1.82) is 0 Å². The summed E-state index contributed by atoms with van der Waals surface area (Å²) in [5.41, 5.74) is 2.04. The SMILES string of the molecule is CC(=O)N(CCC(=O)N1CCN(C/C=C/c2ccccc2)CC1)c1ccccc1. The predicted octanol–water partition coefficient (Wildman–Crippen LogP) is 3.29. The van der Waals surface area contributed by atoms with Gasteiger partial charge in [-0.3, -0.25) is 14.5 Å². The van der Waals surface area contributed by atoms with Crippen LogP contribution in [0.1, 0.15) is 18.9 Å². The maximum absolute atomic E-state index is 12.6. The highest BCUT2D eigenvalue weighted by Crippen LogP contribution is 2.14. The quantitative estimate of drug-likeness (QED) is 0.728. The average Bonchev–Trinajstić information content (AvgIpc) is 2.75. The zero-order valence-corrected chi connectivity index (χ0v) is 17.0. The Hall–Kier alpha value is -2.92. The van der Waals surface area contributed by atoms with Gasteiger partial charge < -0.3 is 9.80 Å². The largest absolute Gasteiger partial charge is 0.340 e. The van der Waals surface area contributed by atoms with Gasteiger partial charge in [0, 0.05) is 58.3 Å². The van der Waals surface area contributed by atoms with Crippen LogP contribution in [0.3, 0.4) is 0 Å². The summed E-state index contributed by atoms with van der Waals surface area (Å²) in [5.74, 6) is 0.0747. The molecule has 0 unspecified atom stereocenters. The molecule has 0 aliphatic carbocycles. The zero-order chi connectivity index (χ0) is 20.5. The van der Waals surface area contributed by atoms with E-state index in [4.69, 9.17) is 0 Å². The van der Waals surface area contributed by atoms with Crippen LogP contribution in [0.25, 0.3) is 6.08 Å². The zero-order valence-electron chi connectivity index (χ0n) is 17.0. The summed E-state index contributed by atoms with van der Waals surface area (Å²) >= 11 is 0. The Bertz CT molecular complexity index is 813. The number of anilines is 1. The molecule has 0 radical (unpaired) electrons. The van der Waals surface area contributed by atoms with E-state index in [1.165, 1.54) is 5.56 Å². The lowest BCUT2D eigenvalue weighted by atomic mass is 10.2. The standard InChI is InChI=1S/C24H29N3O2/c1-21(28)27(23-12-6-3-7-13-23)16-14-24(29)26-19-17-25(18-20-26)15-8-11-22-9-4-2-5-10-22/h2-13H,14-20H2,1H3/b11-8+. The number of amides is 2.